The van der Waals surface area contributed by atoms with Crippen LogP contribution in [0.3, 0.4) is 0 Å². The molecule has 0 saturated heterocycles. The summed E-state index contributed by atoms with van der Waals surface area (Å²) in [5.74, 6) is -0.310. The molecule has 11 heavy (non-hydrogen) atoms. The predicted octanol–water partition coefficient (Wildman–Crippen LogP) is 0.244. The Labute approximate surface area is 63.4 Å². The van der Waals surface area contributed by atoms with Crippen LogP contribution < -0.4 is 5.76 Å². The molecule has 0 amide bonds. The first-order valence-electron chi connectivity index (χ1n) is 3.17. The Hall–Kier alpha value is -1.10. The highest BCUT2D eigenvalue weighted by Gasteiger charge is 2.25. The maximum atomic E-state index is 10.5. The van der Waals surface area contributed by atoms with E-state index in [0.717, 1.165) is 0 Å². The van der Waals surface area contributed by atoms with E-state index in [-0.39, 0.29) is 5.89 Å². The molecule has 0 aliphatic carbocycles. The molecular weight excluding hydrogens is 148 g/mol. The van der Waals surface area contributed by atoms with Crippen LogP contribution in [-0.4, -0.2) is 17.3 Å². The summed E-state index contributed by atoms with van der Waals surface area (Å²) in [6.45, 7) is 3.51. The Morgan fingerprint density at radius 3 is 2.64 bits per heavy atom. The summed E-state index contributed by atoms with van der Waals surface area (Å²) in [6.07, 6.45) is 0. The standard InChI is InChI=1S/C6H10N2O3/c1-6(2,10-3)4-7-8-5(9)11-4/h1-3H3,(H,8,9). The fourth-order valence-corrected chi connectivity index (χ4v) is 0.575. The number of hydrogen-bond donors (Lipinski definition) is 1. The van der Waals surface area contributed by atoms with Gasteiger partial charge in [-0.2, -0.15) is 0 Å². The van der Waals surface area contributed by atoms with Crippen LogP contribution in [0.1, 0.15) is 19.7 Å². The van der Waals surface area contributed by atoms with Crippen LogP contribution in [0.2, 0.25) is 0 Å². The molecule has 0 fully saturated rings. The molecule has 5 heteroatoms. The fraction of sp³-hybridized carbons (Fsp3) is 0.667. The van der Waals surface area contributed by atoms with E-state index in [4.69, 9.17) is 9.15 Å². The van der Waals surface area contributed by atoms with Gasteiger partial charge < -0.3 is 9.15 Å². The van der Waals surface area contributed by atoms with Crippen LogP contribution >= 0.6 is 0 Å². The number of rotatable bonds is 2. The third-order valence-electron chi connectivity index (χ3n) is 1.46. The molecule has 1 rings (SSSR count). The topological polar surface area (TPSA) is 68.1 Å². The fourth-order valence-electron chi connectivity index (χ4n) is 0.575. The Bertz CT molecular complexity index is 286. The van der Waals surface area contributed by atoms with Crippen LogP contribution in [0.5, 0.6) is 0 Å². The maximum Gasteiger partial charge on any atom is 0.434 e. The van der Waals surface area contributed by atoms with Crippen molar-refractivity contribution >= 4 is 0 Å². The highest BCUT2D eigenvalue weighted by atomic mass is 16.5. The molecule has 1 heterocycles. The molecule has 0 radical (unpaired) electrons. The van der Waals surface area contributed by atoms with Gasteiger partial charge in [0, 0.05) is 7.11 Å². The highest BCUT2D eigenvalue weighted by molar-refractivity contribution is 4.89. The quantitative estimate of drug-likeness (QED) is 0.669. The van der Waals surface area contributed by atoms with Gasteiger partial charge in [-0.05, 0) is 13.8 Å². The van der Waals surface area contributed by atoms with Gasteiger partial charge in [-0.1, -0.05) is 0 Å². The SMILES string of the molecule is COC(C)(C)c1n[nH]c(=O)o1. The van der Waals surface area contributed by atoms with Gasteiger partial charge >= 0.3 is 5.76 Å². The van der Waals surface area contributed by atoms with E-state index in [2.05, 4.69) is 10.2 Å². The number of ether oxygens (including phenoxy) is 1. The van der Waals surface area contributed by atoms with E-state index in [9.17, 15) is 4.79 Å². The summed E-state index contributed by atoms with van der Waals surface area (Å²) in [6, 6.07) is 0. The summed E-state index contributed by atoms with van der Waals surface area (Å²) < 4.78 is 9.71. The lowest BCUT2D eigenvalue weighted by molar-refractivity contribution is -0.00461. The summed E-state index contributed by atoms with van der Waals surface area (Å²) >= 11 is 0. The predicted molar refractivity (Wildman–Crippen MR) is 37.2 cm³/mol. The number of nitrogens with one attached hydrogen (secondary N) is 1. The Kier molecular flexibility index (Phi) is 1.82. The van der Waals surface area contributed by atoms with Gasteiger partial charge in [0.25, 0.3) is 0 Å². The van der Waals surface area contributed by atoms with Crippen LogP contribution in [-0.2, 0) is 10.3 Å². The van der Waals surface area contributed by atoms with Crippen molar-refractivity contribution in [2.45, 2.75) is 19.4 Å². The zero-order valence-electron chi connectivity index (χ0n) is 6.67. The minimum Gasteiger partial charge on any atom is -0.389 e. The second-order valence-corrected chi connectivity index (χ2v) is 2.63. The summed E-state index contributed by atoms with van der Waals surface area (Å²) in [5.41, 5.74) is -0.654. The van der Waals surface area contributed by atoms with Gasteiger partial charge in [0.2, 0.25) is 5.89 Å². The van der Waals surface area contributed by atoms with Crippen molar-refractivity contribution < 1.29 is 9.15 Å². The van der Waals surface area contributed by atoms with Gasteiger partial charge in [-0.3, -0.25) is 0 Å². The number of nitrogens with zero attached hydrogens (tertiary/aromatic N) is 1. The number of H-pyrrole nitrogens is 1. The molecule has 0 bridgehead atoms. The van der Waals surface area contributed by atoms with Gasteiger partial charge in [0.1, 0.15) is 5.60 Å². The van der Waals surface area contributed by atoms with Crippen molar-refractivity contribution in [2.75, 3.05) is 7.11 Å². The Morgan fingerprint density at radius 1 is 1.64 bits per heavy atom. The lowest BCUT2D eigenvalue weighted by Crippen LogP contribution is -2.19. The Morgan fingerprint density at radius 2 is 2.27 bits per heavy atom. The molecule has 0 unspecified atom stereocenters. The molecule has 1 aromatic rings. The minimum absolute atomic E-state index is 0.255. The van der Waals surface area contributed by atoms with Crippen molar-refractivity contribution in [1.29, 1.82) is 0 Å². The van der Waals surface area contributed by atoms with Crippen molar-refractivity contribution in [3.8, 4) is 0 Å². The van der Waals surface area contributed by atoms with Gasteiger partial charge in [0.15, 0.2) is 0 Å². The average Bonchev–Trinajstić information content (AvgIpc) is 2.36. The molecule has 0 spiro atoms. The summed E-state index contributed by atoms with van der Waals surface area (Å²) in [7, 11) is 1.52. The molecule has 0 aromatic carbocycles. The van der Waals surface area contributed by atoms with E-state index in [1.807, 2.05) is 0 Å². The van der Waals surface area contributed by atoms with Crippen molar-refractivity contribution in [2.24, 2.45) is 0 Å². The molecule has 0 aliphatic heterocycles. The van der Waals surface area contributed by atoms with Crippen LogP contribution in [0.15, 0.2) is 9.21 Å². The van der Waals surface area contributed by atoms with Crippen LogP contribution in [0.25, 0.3) is 0 Å². The molecule has 1 aromatic heterocycles. The van der Waals surface area contributed by atoms with Crippen molar-refractivity contribution in [1.82, 2.24) is 10.2 Å². The molecule has 62 valence electrons. The highest BCUT2D eigenvalue weighted by Crippen LogP contribution is 2.19. The zero-order chi connectivity index (χ0) is 8.48. The number of aromatic nitrogens is 2. The first-order chi connectivity index (χ1) is 5.06. The smallest absolute Gasteiger partial charge is 0.389 e. The lowest BCUT2D eigenvalue weighted by atomic mass is 10.1. The van der Waals surface area contributed by atoms with Gasteiger partial charge in [-0.15, -0.1) is 5.10 Å². The monoisotopic (exact) mass is 158 g/mol. The zero-order valence-corrected chi connectivity index (χ0v) is 6.67. The average molecular weight is 158 g/mol. The Balaban J connectivity index is 3.01. The lowest BCUT2D eigenvalue weighted by Gasteiger charge is -2.16. The molecular formula is C6H10N2O3. The second-order valence-electron chi connectivity index (χ2n) is 2.63. The second kappa shape index (κ2) is 2.50. The first-order valence-corrected chi connectivity index (χ1v) is 3.17. The van der Waals surface area contributed by atoms with Crippen LogP contribution in [0.4, 0.5) is 0 Å². The van der Waals surface area contributed by atoms with E-state index >= 15 is 0 Å². The largest absolute Gasteiger partial charge is 0.434 e. The number of hydrogen-bond acceptors (Lipinski definition) is 4. The van der Waals surface area contributed by atoms with E-state index in [1.54, 1.807) is 13.8 Å². The van der Waals surface area contributed by atoms with Gasteiger partial charge in [-0.25, -0.2) is 9.89 Å². The minimum atomic E-state index is -0.654. The summed E-state index contributed by atoms with van der Waals surface area (Å²) in [4.78, 5) is 10.5. The van der Waals surface area contributed by atoms with Crippen molar-refractivity contribution in [3.05, 3.63) is 16.4 Å². The van der Waals surface area contributed by atoms with E-state index in [1.165, 1.54) is 7.11 Å². The molecule has 0 aliphatic rings. The number of methoxy groups -OCH3 is 1. The summed E-state index contributed by atoms with van der Waals surface area (Å²) in [5, 5.41) is 5.79. The normalized spacial score (nSPS) is 11.9. The van der Waals surface area contributed by atoms with Crippen LogP contribution in [0, 0.1) is 0 Å². The number of aromatic amines is 1. The third-order valence-corrected chi connectivity index (χ3v) is 1.46. The van der Waals surface area contributed by atoms with Gasteiger partial charge in [0.05, 0.1) is 0 Å². The molecule has 5 nitrogen and oxygen atoms in total. The molecule has 0 atom stereocenters. The van der Waals surface area contributed by atoms with E-state index < -0.39 is 11.4 Å². The maximum absolute atomic E-state index is 10.5. The van der Waals surface area contributed by atoms with E-state index in [0.29, 0.717) is 0 Å². The first kappa shape index (κ1) is 8.00. The molecule has 0 saturated carbocycles. The van der Waals surface area contributed by atoms with Crippen molar-refractivity contribution in [3.63, 3.8) is 0 Å². The third kappa shape index (κ3) is 1.48. The molecule has 1 N–H and O–H groups in total.